The van der Waals surface area contributed by atoms with Gasteiger partial charge in [-0.15, -0.1) is 0 Å². The first-order valence-corrected chi connectivity index (χ1v) is 10.1. The van der Waals surface area contributed by atoms with Crippen molar-refractivity contribution < 1.29 is 9.53 Å². The number of aromatic nitrogens is 2. The van der Waals surface area contributed by atoms with Gasteiger partial charge in [0.1, 0.15) is 24.7 Å². The zero-order valence-corrected chi connectivity index (χ0v) is 17.6. The molecule has 0 aliphatic heterocycles. The molecule has 30 heavy (non-hydrogen) atoms. The average Bonchev–Trinajstić information content (AvgIpc) is 3.08. The first kappa shape index (κ1) is 20.0. The fraction of sp³-hybridized carbons (Fsp3) is 0.167. The summed E-state index contributed by atoms with van der Waals surface area (Å²) in [6.07, 6.45) is 0. The summed E-state index contributed by atoms with van der Waals surface area (Å²) in [5.74, 6) is 1.12. The molecule has 1 aromatic heterocycles. The number of halogens is 1. The molecule has 0 saturated heterocycles. The Hall–Kier alpha value is -3.31. The van der Waals surface area contributed by atoms with Crippen molar-refractivity contribution in [1.82, 2.24) is 9.55 Å². The van der Waals surface area contributed by atoms with Crippen LogP contribution in [0.25, 0.3) is 11.0 Å². The number of imidazole rings is 1. The van der Waals surface area contributed by atoms with E-state index in [0.29, 0.717) is 16.6 Å². The van der Waals surface area contributed by atoms with Crippen LogP contribution in [0.4, 0.5) is 5.69 Å². The maximum Gasteiger partial charge on any atom is 0.244 e. The Morgan fingerprint density at radius 2 is 1.80 bits per heavy atom. The van der Waals surface area contributed by atoms with Gasteiger partial charge in [-0.3, -0.25) is 4.79 Å². The molecule has 0 radical (unpaired) electrons. The van der Waals surface area contributed by atoms with E-state index in [0.717, 1.165) is 27.8 Å². The maximum atomic E-state index is 12.8. The minimum atomic E-state index is -0.120. The van der Waals surface area contributed by atoms with E-state index in [2.05, 4.69) is 10.3 Å². The third kappa shape index (κ3) is 4.16. The van der Waals surface area contributed by atoms with Gasteiger partial charge in [-0.25, -0.2) is 4.98 Å². The number of rotatable bonds is 6. The number of fused-ring (bicyclic) bond motifs is 1. The van der Waals surface area contributed by atoms with Gasteiger partial charge in [0.2, 0.25) is 5.91 Å². The Labute approximate surface area is 180 Å². The third-order valence-electron chi connectivity index (χ3n) is 5.11. The third-order valence-corrected chi connectivity index (χ3v) is 5.42. The molecular weight excluding hydrogens is 398 g/mol. The van der Waals surface area contributed by atoms with E-state index in [1.54, 1.807) is 6.07 Å². The van der Waals surface area contributed by atoms with Crippen LogP contribution in [0.5, 0.6) is 5.75 Å². The number of amides is 1. The smallest absolute Gasteiger partial charge is 0.244 e. The molecule has 3 aromatic carbocycles. The second kappa shape index (κ2) is 8.59. The van der Waals surface area contributed by atoms with Crippen molar-refractivity contribution in [2.45, 2.75) is 27.0 Å². The molecule has 0 unspecified atom stereocenters. The lowest BCUT2D eigenvalue weighted by atomic mass is 10.1. The highest BCUT2D eigenvalue weighted by molar-refractivity contribution is 6.32. The molecule has 0 atom stereocenters. The molecule has 152 valence electrons. The number of aryl methyl sites for hydroxylation is 1. The van der Waals surface area contributed by atoms with Crippen LogP contribution in [-0.2, 0) is 17.9 Å². The monoisotopic (exact) mass is 419 g/mol. The summed E-state index contributed by atoms with van der Waals surface area (Å²) in [5.41, 5.74) is 4.71. The van der Waals surface area contributed by atoms with E-state index in [-0.39, 0.29) is 19.1 Å². The van der Waals surface area contributed by atoms with Crippen LogP contribution in [-0.4, -0.2) is 15.5 Å². The van der Waals surface area contributed by atoms with Crippen LogP contribution < -0.4 is 10.1 Å². The topological polar surface area (TPSA) is 56.2 Å². The molecule has 0 saturated carbocycles. The van der Waals surface area contributed by atoms with Gasteiger partial charge in [0.05, 0.1) is 16.1 Å². The number of carbonyl (C=O) groups is 1. The lowest BCUT2D eigenvalue weighted by Crippen LogP contribution is -2.21. The molecule has 4 rings (SSSR count). The number of para-hydroxylation sites is 3. The van der Waals surface area contributed by atoms with Crippen LogP contribution in [0.1, 0.15) is 17.0 Å². The minimum Gasteiger partial charge on any atom is -0.484 e. The molecule has 0 fully saturated rings. The fourth-order valence-electron chi connectivity index (χ4n) is 3.34. The van der Waals surface area contributed by atoms with Gasteiger partial charge in [-0.05, 0) is 55.3 Å². The lowest BCUT2D eigenvalue weighted by Gasteiger charge is -2.13. The number of carbonyl (C=O) groups excluding carboxylic acids is 1. The van der Waals surface area contributed by atoms with Gasteiger partial charge in [0, 0.05) is 5.69 Å². The number of ether oxygens (including phenoxy) is 1. The van der Waals surface area contributed by atoms with Crippen molar-refractivity contribution in [1.29, 1.82) is 0 Å². The van der Waals surface area contributed by atoms with Gasteiger partial charge in [-0.1, -0.05) is 48.0 Å². The second-order valence-corrected chi connectivity index (χ2v) is 7.52. The summed E-state index contributed by atoms with van der Waals surface area (Å²) in [6.45, 7) is 4.36. The van der Waals surface area contributed by atoms with Crippen molar-refractivity contribution in [3.63, 3.8) is 0 Å². The molecule has 1 heterocycles. The van der Waals surface area contributed by atoms with E-state index in [4.69, 9.17) is 16.3 Å². The number of nitrogens with one attached hydrogen (secondary N) is 1. The number of anilines is 1. The molecule has 0 aliphatic rings. The normalized spacial score (nSPS) is 10.9. The molecule has 4 aromatic rings. The Bertz CT molecular complexity index is 1220. The van der Waals surface area contributed by atoms with E-state index >= 15 is 0 Å². The van der Waals surface area contributed by atoms with Gasteiger partial charge in [0.15, 0.2) is 0 Å². The van der Waals surface area contributed by atoms with Gasteiger partial charge in [-0.2, -0.15) is 0 Å². The highest BCUT2D eigenvalue weighted by Crippen LogP contribution is 2.25. The average molecular weight is 420 g/mol. The van der Waals surface area contributed by atoms with Crippen molar-refractivity contribution in [3.05, 3.63) is 88.7 Å². The zero-order valence-electron chi connectivity index (χ0n) is 16.9. The zero-order chi connectivity index (χ0) is 21.1. The van der Waals surface area contributed by atoms with E-state index in [9.17, 15) is 4.79 Å². The second-order valence-electron chi connectivity index (χ2n) is 7.12. The van der Waals surface area contributed by atoms with Crippen LogP contribution in [0, 0.1) is 13.8 Å². The van der Waals surface area contributed by atoms with Crippen molar-refractivity contribution in [2.75, 3.05) is 5.32 Å². The summed E-state index contributed by atoms with van der Waals surface area (Å²) >= 11 is 6.19. The Morgan fingerprint density at radius 3 is 2.63 bits per heavy atom. The van der Waals surface area contributed by atoms with Crippen LogP contribution in [0.15, 0.2) is 66.7 Å². The quantitative estimate of drug-likeness (QED) is 0.447. The first-order valence-electron chi connectivity index (χ1n) is 9.70. The predicted molar refractivity (Wildman–Crippen MR) is 120 cm³/mol. The maximum absolute atomic E-state index is 12.8. The Balaban J connectivity index is 1.59. The summed E-state index contributed by atoms with van der Waals surface area (Å²) in [6, 6.07) is 20.9. The summed E-state index contributed by atoms with van der Waals surface area (Å²) in [7, 11) is 0. The van der Waals surface area contributed by atoms with Crippen LogP contribution in [0.2, 0.25) is 5.02 Å². The van der Waals surface area contributed by atoms with Crippen molar-refractivity contribution in [2.24, 2.45) is 0 Å². The molecular formula is C24H22ClN3O2. The Morgan fingerprint density at radius 1 is 1.03 bits per heavy atom. The number of benzene rings is 3. The van der Waals surface area contributed by atoms with Crippen LogP contribution >= 0.6 is 11.6 Å². The molecule has 1 N–H and O–H groups in total. The lowest BCUT2D eigenvalue weighted by molar-refractivity contribution is -0.116. The first-order chi connectivity index (χ1) is 14.5. The minimum absolute atomic E-state index is 0.120. The van der Waals surface area contributed by atoms with Gasteiger partial charge in [0.25, 0.3) is 0 Å². The van der Waals surface area contributed by atoms with E-state index in [1.165, 1.54) is 0 Å². The number of nitrogens with zero attached hydrogens (tertiary/aromatic N) is 2. The molecule has 6 heteroatoms. The summed E-state index contributed by atoms with van der Waals surface area (Å²) in [4.78, 5) is 17.5. The summed E-state index contributed by atoms with van der Waals surface area (Å²) < 4.78 is 7.76. The molecule has 5 nitrogen and oxygen atoms in total. The Kier molecular flexibility index (Phi) is 5.72. The van der Waals surface area contributed by atoms with E-state index < -0.39 is 0 Å². The molecule has 0 bridgehead atoms. The fourth-order valence-corrected chi connectivity index (χ4v) is 3.53. The van der Waals surface area contributed by atoms with Crippen LogP contribution in [0.3, 0.4) is 0 Å². The molecule has 0 spiro atoms. The van der Waals surface area contributed by atoms with Gasteiger partial charge < -0.3 is 14.6 Å². The van der Waals surface area contributed by atoms with E-state index in [1.807, 2.05) is 79.1 Å². The highest BCUT2D eigenvalue weighted by Gasteiger charge is 2.15. The largest absolute Gasteiger partial charge is 0.484 e. The standard InChI is InChI=1S/C24H22ClN3O2/c1-16-8-7-11-19(17(16)2)27-24(29)14-28-21-12-5-4-10-20(21)26-23(28)15-30-22-13-6-3-9-18(22)25/h3-13H,14-15H2,1-2H3,(H,27,29). The van der Waals surface area contributed by atoms with Gasteiger partial charge >= 0.3 is 0 Å². The predicted octanol–water partition coefficient (Wildman–Crippen LogP) is 5.52. The summed E-state index contributed by atoms with van der Waals surface area (Å²) in [5, 5.41) is 3.55. The van der Waals surface area contributed by atoms with Crippen molar-refractivity contribution in [3.8, 4) is 5.75 Å². The number of hydrogen-bond donors (Lipinski definition) is 1. The molecule has 1 amide bonds. The molecule has 0 aliphatic carbocycles. The number of hydrogen-bond acceptors (Lipinski definition) is 3. The van der Waals surface area contributed by atoms with Crippen molar-refractivity contribution >= 4 is 34.2 Å². The SMILES string of the molecule is Cc1cccc(NC(=O)Cn2c(COc3ccccc3Cl)nc3ccccc32)c1C. The highest BCUT2D eigenvalue weighted by atomic mass is 35.5.